The lowest BCUT2D eigenvalue weighted by molar-refractivity contribution is -0.145. The average Bonchev–Trinajstić information content (AvgIpc) is 3.18. The molecule has 204 valence electrons. The minimum Gasteiger partial charge on any atom is -0.466 e. The van der Waals surface area contributed by atoms with Crippen LogP contribution in [0.4, 0.5) is 11.4 Å². The number of esters is 1. The molecule has 10 heteroatoms. The number of benzene rings is 2. The lowest BCUT2D eigenvalue weighted by atomic mass is 10.0. The highest BCUT2D eigenvalue weighted by Crippen LogP contribution is 2.32. The molecule has 0 spiro atoms. The first-order chi connectivity index (χ1) is 18.8. The maximum Gasteiger partial charge on any atom is 0.315 e. The van der Waals surface area contributed by atoms with Gasteiger partial charge >= 0.3 is 5.97 Å². The van der Waals surface area contributed by atoms with Crippen molar-refractivity contribution in [2.75, 3.05) is 42.6 Å². The third kappa shape index (κ3) is 6.70. The van der Waals surface area contributed by atoms with E-state index in [1.54, 1.807) is 31.1 Å². The van der Waals surface area contributed by atoms with E-state index in [-0.39, 0.29) is 31.3 Å². The Bertz CT molecular complexity index is 1390. The van der Waals surface area contributed by atoms with Crippen molar-refractivity contribution in [2.45, 2.75) is 33.2 Å². The van der Waals surface area contributed by atoms with Crippen molar-refractivity contribution >= 4 is 45.7 Å². The highest BCUT2D eigenvalue weighted by atomic mass is 16.5. The van der Waals surface area contributed by atoms with E-state index < -0.39 is 5.97 Å². The fourth-order valence-corrected chi connectivity index (χ4v) is 4.83. The molecule has 3 aromatic rings. The Morgan fingerprint density at radius 1 is 1.05 bits per heavy atom. The zero-order valence-corrected chi connectivity index (χ0v) is 22.4. The Kier molecular flexibility index (Phi) is 8.75. The maximum absolute atomic E-state index is 13.6. The van der Waals surface area contributed by atoms with Crippen molar-refractivity contribution in [3.8, 4) is 0 Å². The summed E-state index contributed by atoms with van der Waals surface area (Å²) in [4.78, 5) is 36.1. The number of aromatic nitrogens is 1. The summed E-state index contributed by atoms with van der Waals surface area (Å²) in [5.74, 6) is -0.424. The van der Waals surface area contributed by atoms with E-state index in [9.17, 15) is 9.59 Å². The number of carbonyl (C=O) groups excluding carboxylic acids is 2. The molecule has 1 aliphatic heterocycles. The number of anilines is 2. The van der Waals surface area contributed by atoms with E-state index in [2.05, 4.69) is 14.8 Å². The molecule has 1 saturated heterocycles. The molecule has 1 aliphatic rings. The molecule has 0 aliphatic carbocycles. The minimum absolute atomic E-state index is 0.0113. The van der Waals surface area contributed by atoms with Gasteiger partial charge in [0.15, 0.2) is 0 Å². The van der Waals surface area contributed by atoms with Crippen molar-refractivity contribution in [2.24, 2.45) is 5.73 Å². The number of hydrogen-bond acceptors (Lipinski definition) is 7. The lowest BCUT2D eigenvalue weighted by Crippen LogP contribution is -2.36. The van der Waals surface area contributed by atoms with Gasteiger partial charge in [-0.1, -0.05) is 24.3 Å². The summed E-state index contributed by atoms with van der Waals surface area (Å²) in [7, 11) is 0. The molecular formula is C29H35N7O3. The van der Waals surface area contributed by atoms with Crippen molar-refractivity contribution in [1.82, 2.24) is 9.88 Å². The zero-order chi connectivity index (χ0) is 27.9. The number of nitrogen functional groups attached to an aromatic ring is 1. The first kappa shape index (κ1) is 27.6. The molecule has 4 N–H and O–H groups in total. The predicted molar refractivity (Wildman–Crippen MR) is 153 cm³/mol. The number of nitrogens with two attached hydrogens (primary N) is 1. The number of amidine groups is 2. The smallest absolute Gasteiger partial charge is 0.315 e. The SMILES string of the molecule is CCOC(=O)CC(=O)N(Cc1ccc2ccc(C(=N)N)cc2c1)c1cnccc1N1CCCN(C(C)=N)CC1. The monoisotopic (exact) mass is 529 g/mol. The maximum atomic E-state index is 13.6. The van der Waals surface area contributed by atoms with Crippen LogP contribution in [0, 0.1) is 10.8 Å². The van der Waals surface area contributed by atoms with Gasteiger partial charge in [0.25, 0.3) is 0 Å². The van der Waals surface area contributed by atoms with E-state index >= 15 is 0 Å². The van der Waals surface area contributed by atoms with Crippen LogP contribution >= 0.6 is 0 Å². The second-order valence-electron chi connectivity index (χ2n) is 9.55. The third-order valence-corrected chi connectivity index (χ3v) is 6.84. The van der Waals surface area contributed by atoms with Crippen LogP contribution in [0.15, 0.2) is 54.9 Å². The molecule has 0 saturated carbocycles. The molecule has 1 amide bonds. The summed E-state index contributed by atoms with van der Waals surface area (Å²) >= 11 is 0. The average molecular weight is 530 g/mol. The fraction of sp³-hybridized carbons (Fsp3) is 0.345. The van der Waals surface area contributed by atoms with Gasteiger partial charge in [-0.3, -0.25) is 25.4 Å². The van der Waals surface area contributed by atoms with Gasteiger partial charge < -0.3 is 25.2 Å². The van der Waals surface area contributed by atoms with Crippen LogP contribution in [0.2, 0.25) is 0 Å². The molecule has 39 heavy (non-hydrogen) atoms. The molecule has 2 aromatic carbocycles. The van der Waals surface area contributed by atoms with Crippen LogP contribution in [0.1, 0.15) is 37.8 Å². The summed E-state index contributed by atoms with van der Waals surface area (Å²) in [6.07, 6.45) is 3.86. The van der Waals surface area contributed by atoms with Crippen molar-refractivity contribution in [3.63, 3.8) is 0 Å². The van der Waals surface area contributed by atoms with Crippen LogP contribution in [-0.2, 0) is 20.9 Å². The van der Waals surface area contributed by atoms with E-state index in [1.807, 2.05) is 42.5 Å². The van der Waals surface area contributed by atoms with Gasteiger partial charge in [0.05, 0.1) is 36.6 Å². The van der Waals surface area contributed by atoms with Crippen LogP contribution < -0.4 is 15.5 Å². The van der Waals surface area contributed by atoms with Gasteiger partial charge in [0.2, 0.25) is 5.91 Å². The van der Waals surface area contributed by atoms with Gasteiger partial charge in [-0.15, -0.1) is 0 Å². The number of fused-ring (bicyclic) bond motifs is 1. The van der Waals surface area contributed by atoms with Crippen molar-refractivity contribution in [3.05, 3.63) is 66.0 Å². The van der Waals surface area contributed by atoms with E-state index in [0.29, 0.717) is 30.2 Å². The zero-order valence-electron chi connectivity index (χ0n) is 22.4. The highest BCUT2D eigenvalue weighted by molar-refractivity contribution is 6.05. The van der Waals surface area contributed by atoms with E-state index in [1.165, 1.54) is 0 Å². The molecule has 0 bridgehead atoms. The molecule has 10 nitrogen and oxygen atoms in total. The van der Waals surface area contributed by atoms with E-state index in [4.69, 9.17) is 21.3 Å². The van der Waals surface area contributed by atoms with Crippen LogP contribution in [0.3, 0.4) is 0 Å². The third-order valence-electron chi connectivity index (χ3n) is 6.84. The molecule has 4 rings (SSSR count). The molecule has 1 aromatic heterocycles. The first-order valence-corrected chi connectivity index (χ1v) is 13.1. The van der Waals surface area contributed by atoms with Crippen LogP contribution in [0.25, 0.3) is 10.8 Å². The largest absolute Gasteiger partial charge is 0.466 e. The number of nitrogens with zero attached hydrogens (tertiary/aromatic N) is 4. The topological polar surface area (TPSA) is 140 Å². The molecule has 0 unspecified atom stereocenters. The Morgan fingerprint density at radius 3 is 2.59 bits per heavy atom. The number of carbonyl (C=O) groups is 2. The molecule has 0 radical (unpaired) electrons. The number of amides is 1. The van der Waals surface area contributed by atoms with Gasteiger partial charge in [-0.05, 0) is 54.8 Å². The molecule has 1 fully saturated rings. The molecule has 0 atom stereocenters. The highest BCUT2D eigenvalue weighted by Gasteiger charge is 2.26. The predicted octanol–water partition coefficient (Wildman–Crippen LogP) is 3.51. The summed E-state index contributed by atoms with van der Waals surface area (Å²) < 4.78 is 5.07. The fourth-order valence-electron chi connectivity index (χ4n) is 4.83. The number of rotatable bonds is 8. The Balaban J connectivity index is 1.70. The molecular weight excluding hydrogens is 494 g/mol. The normalized spacial score (nSPS) is 13.6. The molecule has 2 heterocycles. The summed E-state index contributed by atoms with van der Waals surface area (Å²) in [5.41, 5.74) is 8.65. The van der Waals surface area contributed by atoms with Crippen molar-refractivity contribution in [1.29, 1.82) is 10.8 Å². The second-order valence-corrected chi connectivity index (χ2v) is 9.55. The first-order valence-electron chi connectivity index (χ1n) is 13.1. The Morgan fingerprint density at radius 2 is 1.85 bits per heavy atom. The number of pyridine rings is 1. The van der Waals surface area contributed by atoms with Gasteiger partial charge in [0.1, 0.15) is 12.3 Å². The standard InChI is InChI=1S/C29H35N7O3/c1-3-39-28(38)17-27(37)36(19-21-5-6-22-7-8-23(29(31)32)16-24(22)15-21)26-18-33-10-9-25(26)35-12-4-11-34(13-14-35)20(2)30/h5-10,15-16,18,30H,3-4,11-14,17,19H2,1-2H3,(H3,31,32). The van der Waals surface area contributed by atoms with Gasteiger partial charge in [-0.2, -0.15) is 0 Å². The van der Waals surface area contributed by atoms with E-state index in [0.717, 1.165) is 41.5 Å². The minimum atomic E-state index is -0.575. The second kappa shape index (κ2) is 12.4. The van der Waals surface area contributed by atoms with Crippen molar-refractivity contribution < 1.29 is 14.3 Å². The lowest BCUT2D eigenvalue weighted by Gasteiger charge is -2.30. The van der Waals surface area contributed by atoms with Gasteiger partial charge in [0, 0.05) is 37.9 Å². The summed E-state index contributed by atoms with van der Waals surface area (Å²) in [6.45, 7) is 6.89. The number of nitrogens with one attached hydrogen (secondary N) is 2. The Labute approximate surface area is 228 Å². The number of ether oxygens (including phenoxy) is 1. The Hall–Kier alpha value is -4.47. The van der Waals surface area contributed by atoms with Crippen LogP contribution in [0.5, 0.6) is 0 Å². The van der Waals surface area contributed by atoms with Crippen LogP contribution in [-0.4, -0.2) is 66.2 Å². The summed E-state index contributed by atoms with van der Waals surface area (Å²) in [6, 6.07) is 13.4. The van der Waals surface area contributed by atoms with Gasteiger partial charge in [-0.25, -0.2) is 0 Å². The summed E-state index contributed by atoms with van der Waals surface area (Å²) in [5, 5.41) is 17.7. The quantitative estimate of drug-likeness (QED) is 0.176. The number of hydrogen-bond donors (Lipinski definition) is 3.